The Labute approximate surface area is 187 Å². The van der Waals surface area contributed by atoms with Gasteiger partial charge in [-0.3, -0.25) is 4.79 Å². The molecule has 152 valence electrons. The first-order chi connectivity index (χ1) is 14.6. The average molecular weight is 433 g/mol. The number of aromatic nitrogens is 3. The molecule has 0 aliphatic carbocycles. The van der Waals surface area contributed by atoms with E-state index in [4.69, 9.17) is 39.9 Å². The lowest BCUT2D eigenvalue weighted by Gasteiger charge is -2.22. The van der Waals surface area contributed by atoms with Crippen LogP contribution in [0.5, 0.6) is 0 Å². The molecule has 0 spiro atoms. The fourth-order valence-corrected chi connectivity index (χ4v) is 3.58. The highest BCUT2D eigenvalue weighted by Gasteiger charge is 2.22. The number of benzene rings is 1. The summed E-state index contributed by atoms with van der Waals surface area (Å²) in [4.78, 5) is 17.0. The Morgan fingerprint density at radius 3 is 2.81 bits per heavy atom. The summed E-state index contributed by atoms with van der Waals surface area (Å²) in [5, 5.41) is 8.17. The summed E-state index contributed by atoms with van der Waals surface area (Å²) in [6, 6.07) is 2.83. The Morgan fingerprint density at radius 1 is 1.35 bits per heavy atom. The molecule has 1 fully saturated rings. The largest absolute Gasteiger partial charge is 0.379 e. The molecule has 2 N–H and O–H groups in total. The Balaban J connectivity index is 1.78. The number of ether oxygens (including phenoxy) is 1. The van der Waals surface area contributed by atoms with Gasteiger partial charge in [0.25, 0.3) is 0 Å². The third-order valence-electron chi connectivity index (χ3n) is 4.86. The predicted molar refractivity (Wildman–Crippen MR) is 118 cm³/mol. The predicted octanol–water partition coefficient (Wildman–Crippen LogP) is 1.54. The van der Waals surface area contributed by atoms with Crippen LogP contribution in [0.1, 0.15) is 22.3 Å². The van der Waals surface area contributed by atoms with Crippen LogP contribution < -0.4 is 10.6 Å². The van der Waals surface area contributed by atoms with Crippen LogP contribution in [0.15, 0.2) is 24.5 Å². The lowest BCUT2D eigenvalue weighted by Crippen LogP contribution is -2.50. The minimum Gasteiger partial charge on any atom is -0.379 e. The molecule has 3 heterocycles. The first-order valence-electron chi connectivity index (χ1n) is 9.50. The van der Waals surface area contributed by atoms with Gasteiger partial charge >= 0.3 is 0 Å². The molecule has 0 saturated carbocycles. The Bertz CT molecular complexity index is 1160. The van der Waals surface area contributed by atoms with E-state index in [9.17, 15) is 4.79 Å². The maximum atomic E-state index is 15.1. The number of rotatable bonds is 5. The molecule has 12 heteroatoms. The second-order valence-corrected chi connectivity index (χ2v) is 7.92. The highest BCUT2D eigenvalue weighted by molar-refractivity contribution is 6.60. The molecule has 0 unspecified atom stereocenters. The standard InChI is InChI=1S/C19H16B3ClFN5O2/c1-9-4-10(18(30)28-19(20,21)22)5-12(15(9)24)13-6-25-29-7-14(23)16(27-17(13)29)26-11-2-3-31-8-11/h4-7,11H,2-3,8H2,1H3,(H,26,27)(H,28,30)/t11-/m0/s1. The van der Waals surface area contributed by atoms with Gasteiger partial charge in [-0.15, -0.1) is 0 Å². The van der Waals surface area contributed by atoms with Crippen molar-refractivity contribution in [1.82, 2.24) is 19.9 Å². The van der Waals surface area contributed by atoms with E-state index in [1.807, 2.05) is 0 Å². The van der Waals surface area contributed by atoms with Crippen LogP contribution in [0.3, 0.4) is 0 Å². The lowest BCUT2D eigenvalue weighted by molar-refractivity contribution is 0.0952. The molecule has 1 saturated heterocycles. The van der Waals surface area contributed by atoms with Crippen molar-refractivity contribution >= 4 is 52.5 Å². The van der Waals surface area contributed by atoms with Crippen molar-refractivity contribution in [2.24, 2.45) is 0 Å². The van der Waals surface area contributed by atoms with E-state index >= 15 is 4.39 Å². The second-order valence-electron chi connectivity index (χ2n) is 7.51. The number of hydrogen-bond acceptors (Lipinski definition) is 5. The highest BCUT2D eigenvalue weighted by Crippen LogP contribution is 2.32. The number of hydrogen-bond donors (Lipinski definition) is 2. The molecular formula is C19H16B3ClFN5O2. The number of amides is 1. The average Bonchev–Trinajstić information content (AvgIpc) is 3.32. The van der Waals surface area contributed by atoms with Gasteiger partial charge in [-0.05, 0) is 31.0 Å². The van der Waals surface area contributed by atoms with Gasteiger partial charge < -0.3 is 15.4 Å². The van der Waals surface area contributed by atoms with E-state index in [0.717, 1.165) is 6.42 Å². The van der Waals surface area contributed by atoms with Crippen LogP contribution in [0.4, 0.5) is 10.2 Å². The minimum absolute atomic E-state index is 0.0777. The summed E-state index contributed by atoms with van der Waals surface area (Å²) in [6.45, 7) is 2.75. The Morgan fingerprint density at radius 2 is 2.13 bits per heavy atom. The molecule has 3 aromatic rings. The molecule has 1 aliphatic heterocycles. The van der Waals surface area contributed by atoms with Gasteiger partial charge in [-0.25, -0.2) is 13.9 Å². The van der Waals surface area contributed by atoms with Crippen LogP contribution in [-0.4, -0.2) is 68.5 Å². The molecule has 1 aliphatic rings. The quantitative estimate of drug-likeness (QED) is 0.597. The van der Waals surface area contributed by atoms with Crippen LogP contribution in [0, 0.1) is 12.7 Å². The summed E-state index contributed by atoms with van der Waals surface area (Å²) in [6.07, 6.45) is 3.86. The maximum Gasteiger partial charge on any atom is 0.249 e. The number of nitrogens with one attached hydrogen (secondary N) is 2. The first kappa shape index (κ1) is 21.7. The zero-order chi connectivity index (χ0) is 22.3. The number of fused-ring (bicyclic) bond motifs is 1. The number of halogens is 2. The van der Waals surface area contributed by atoms with Crippen molar-refractivity contribution in [3.8, 4) is 11.1 Å². The van der Waals surface area contributed by atoms with Gasteiger partial charge in [0.1, 0.15) is 16.7 Å². The van der Waals surface area contributed by atoms with E-state index < -0.39 is 17.0 Å². The number of anilines is 1. The zero-order valence-electron chi connectivity index (χ0n) is 16.7. The van der Waals surface area contributed by atoms with Crippen molar-refractivity contribution in [2.75, 3.05) is 18.5 Å². The summed E-state index contributed by atoms with van der Waals surface area (Å²) < 4.78 is 21.9. The Hall–Kier alpha value is -2.52. The topological polar surface area (TPSA) is 80.6 Å². The molecule has 6 radical (unpaired) electrons. The third kappa shape index (κ3) is 4.57. The van der Waals surface area contributed by atoms with Crippen LogP contribution >= 0.6 is 11.6 Å². The van der Waals surface area contributed by atoms with Crippen molar-refractivity contribution < 1.29 is 13.9 Å². The first-order valence-corrected chi connectivity index (χ1v) is 9.88. The summed E-state index contributed by atoms with van der Waals surface area (Å²) >= 11 is 6.33. The zero-order valence-corrected chi connectivity index (χ0v) is 17.4. The van der Waals surface area contributed by atoms with Gasteiger partial charge in [-0.2, -0.15) is 5.10 Å². The fraction of sp³-hybridized carbons (Fsp3) is 0.316. The van der Waals surface area contributed by atoms with Gasteiger partial charge in [0, 0.05) is 23.3 Å². The molecule has 1 aromatic carbocycles. The monoisotopic (exact) mass is 433 g/mol. The smallest absolute Gasteiger partial charge is 0.249 e. The van der Waals surface area contributed by atoms with E-state index in [1.54, 1.807) is 13.1 Å². The van der Waals surface area contributed by atoms with Crippen molar-refractivity contribution in [3.05, 3.63) is 46.5 Å². The van der Waals surface area contributed by atoms with Gasteiger partial charge in [-0.1, -0.05) is 16.8 Å². The SMILES string of the molecule is [B]C([B])([B])NC(=O)c1cc(C)c(F)c(-c2cnn3cc(Cl)c(N[C@H]4CCOC4)nc23)c1. The van der Waals surface area contributed by atoms with Gasteiger partial charge in [0.05, 0.1) is 48.6 Å². The van der Waals surface area contributed by atoms with Crippen molar-refractivity contribution in [2.45, 2.75) is 24.6 Å². The second kappa shape index (κ2) is 8.20. The molecule has 4 rings (SSSR count). The van der Waals surface area contributed by atoms with Crippen LogP contribution in [0.25, 0.3) is 16.8 Å². The molecule has 2 aromatic heterocycles. The van der Waals surface area contributed by atoms with E-state index in [-0.39, 0.29) is 22.7 Å². The lowest BCUT2D eigenvalue weighted by atomic mass is 9.49. The van der Waals surface area contributed by atoms with Gasteiger partial charge in [0.2, 0.25) is 5.91 Å². The van der Waals surface area contributed by atoms with Crippen LogP contribution in [0.2, 0.25) is 5.02 Å². The van der Waals surface area contributed by atoms with E-state index in [1.165, 1.54) is 22.8 Å². The molecule has 31 heavy (non-hydrogen) atoms. The Kier molecular flexibility index (Phi) is 5.74. The number of nitrogens with zero attached hydrogens (tertiary/aromatic N) is 3. The third-order valence-corrected chi connectivity index (χ3v) is 5.13. The highest BCUT2D eigenvalue weighted by atomic mass is 35.5. The fourth-order valence-electron chi connectivity index (χ4n) is 3.39. The van der Waals surface area contributed by atoms with E-state index in [0.29, 0.717) is 35.3 Å². The summed E-state index contributed by atoms with van der Waals surface area (Å²) in [7, 11) is 16.3. The summed E-state index contributed by atoms with van der Waals surface area (Å²) in [5.74, 6) is -0.717. The van der Waals surface area contributed by atoms with Crippen molar-refractivity contribution in [1.29, 1.82) is 0 Å². The number of carbonyl (C=O) groups excluding carboxylic acids is 1. The van der Waals surface area contributed by atoms with Crippen LogP contribution in [-0.2, 0) is 4.74 Å². The van der Waals surface area contributed by atoms with Gasteiger partial charge in [0.15, 0.2) is 5.65 Å². The molecule has 1 atom stereocenters. The minimum atomic E-state index is -1.91. The normalized spacial score (nSPS) is 16.5. The number of carbonyl (C=O) groups is 1. The maximum absolute atomic E-state index is 15.1. The molecular weight excluding hydrogens is 417 g/mol. The number of aryl methyl sites for hydroxylation is 1. The molecule has 7 nitrogen and oxygen atoms in total. The molecule has 1 amide bonds. The molecule has 0 bridgehead atoms. The van der Waals surface area contributed by atoms with Crippen molar-refractivity contribution in [3.63, 3.8) is 0 Å². The summed E-state index contributed by atoms with van der Waals surface area (Å²) in [5.41, 5.74) is 1.27. The van der Waals surface area contributed by atoms with E-state index in [2.05, 4.69) is 20.7 Å².